The first-order valence-electron chi connectivity index (χ1n) is 7.38. The van der Waals surface area contributed by atoms with Gasteiger partial charge in [-0.15, -0.1) is 0 Å². The second-order valence-electron chi connectivity index (χ2n) is 5.28. The number of nitrogens with zero attached hydrogens (tertiary/aromatic N) is 2. The predicted molar refractivity (Wildman–Crippen MR) is 80.0 cm³/mol. The first-order valence-corrected chi connectivity index (χ1v) is 7.38. The van der Waals surface area contributed by atoms with Gasteiger partial charge < -0.3 is 20.1 Å². The van der Waals surface area contributed by atoms with Crippen LogP contribution in [0.3, 0.4) is 0 Å². The van der Waals surface area contributed by atoms with E-state index < -0.39 is 0 Å². The normalized spacial score (nSPS) is 19.4. The van der Waals surface area contributed by atoms with Crippen molar-refractivity contribution >= 4 is 5.82 Å². The summed E-state index contributed by atoms with van der Waals surface area (Å²) < 4.78 is 5.48. The molecule has 2 N–H and O–H groups in total. The van der Waals surface area contributed by atoms with Crippen LogP contribution in [-0.2, 0) is 11.3 Å². The van der Waals surface area contributed by atoms with Crippen molar-refractivity contribution in [1.29, 1.82) is 0 Å². The van der Waals surface area contributed by atoms with Gasteiger partial charge in [0.15, 0.2) is 0 Å². The summed E-state index contributed by atoms with van der Waals surface area (Å²) in [5.41, 5.74) is 2.39. The van der Waals surface area contributed by atoms with E-state index in [0.717, 1.165) is 31.9 Å². The third-order valence-electron chi connectivity index (χ3n) is 3.51. The SMILES string of the molecule is CCCNCc1cnc(N2CCOC(CO)C2)c(C)c1. The topological polar surface area (TPSA) is 57.6 Å². The first kappa shape index (κ1) is 15.2. The van der Waals surface area contributed by atoms with Gasteiger partial charge in [-0.1, -0.05) is 6.92 Å². The van der Waals surface area contributed by atoms with Crippen LogP contribution in [0, 0.1) is 6.92 Å². The molecule has 0 amide bonds. The summed E-state index contributed by atoms with van der Waals surface area (Å²) in [7, 11) is 0. The summed E-state index contributed by atoms with van der Waals surface area (Å²) in [6.07, 6.45) is 2.98. The summed E-state index contributed by atoms with van der Waals surface area (Å²) in [5.74, 6) is 1.01. The van der Waals surface area contributed by atoms with Gasteiger partial charge >= 0.3 is 0 Å². The quantitative estimate of drug-likeness (QED) is 0.763. The minimum Gasteiger partial charge on any atom is -0.394 e. The van der Waals surface area contributed by atoms with Gasteiger partial charge in [-0.3, -0.25) is 0 Å². The van der Waals surface area contributed by atoms with Gasteiger partial charge in [0.1, 0.15) is 5.82 Å². The van der Waals surface area contributed by atoms with E-state index >= 15 is 0 Å². The number of aromatic nitrogens is 1. The fourth-order valence-electron chi connectivity index (χ4n) is 2.49. The molecule has 20 heavy (non-hydrogen) atoms. The monoisotopic (exact) mass is 279 g/mol. The zero-order valence-electron chi connectivity index (χ0n) is 12.4. The highest BCUT2D eigenvalue weighted by Gasteiger charge is 2.21. The lowest BCUT2D eigenvalue weighted by Crippen LogP contribution is -2.44. The Morgan fingerprint density at radius 3 is 3.10 bits per heavy atom. The molecule has 0 aromatic carbocycles. The van der Waals surface area contributed by atoms with E-state index in [1.807, 2.05) is 6.20 Å². The molecule has 1 unspecified atom stereocenters. The van der Waals surface area contributed by atoms with Gasteiger partial charge in [-0.25, -0.2) is 4.98 Å². The van der Waals surface area contributed by atoms with Crippen LogP contribution in [0.2, 0.25) is 0 Å². The van der Waals surface area contributed by atoms with Crippen molar-refractivity contribution in [3.8, 4) is 0 Å². The fourth-order valence-corrected chi connectivity index (χ4v) is 2.49. The number of aryl methyl sites for hydroxylation is 1. The molecular formula is C15H25N3O2. The van der Waals surface area contributed by atoms with Crippen molar-refractivity contribution in [3.05, 3.63) is 23.4 Å². The Hall–Kier alpha value is -1.17. The number of anilines is 1. The smallest absolute Gasteiger partial charge is 0.131 e. The van der Waals surface area contributed by atoms with E-state index in [1.165, 1.54) is 11.1 Å². The molecule has 1 aliphatic rings. The van der Waals surface area contributed by atoms with Crippen LogP contribution in [0.25, 0.3) is 0 Å². The van der Waals surface area contributed by atoms with E-state index in [2.05, 4.69) is 35.1 Å². The molecule has 1 aliphatic heterocycles. The Morgan fingerprint density at radius 1 is 1.55 bits per heavy atom. The van der Waals surface area contributed by atoms with Gasteiger partial charge in [0.25, 0.3) is 0 Å². The lowest BCUT2D eigenvalue weighted by Gasteiger charge is -2.33. The van der Waals surface area contributed by atoms with Crippen molar-refractivity contribution < 1.29 is 9.84 Å². The molecule has 2 heterocycles. The van der Waals surface area contributed by atoms with Crippen LogP contribution in [0.15, 0.2) is 12.3 Å². The molecule has 0 spiro atoms. The van der Waals surface area contributed by atoms with Gasteiger partial charge in [0.05, 0.1) is 19.3 Å². The molecule has 5 heteroatoms. The number of morpholine rings is 1. The lowest BCUT2D eigenvalue weighted by molar-refractivity contribution is 0.00333. The molecular weight excluding hydrogens is 254 g/mol. The molecule has 1 fully saturated rings. The minimum absolute atomic E-state index is 0.0641. The third kappa shape index (κ3) is 3.91. The third-order valence-corrected chi connectivity index (χ3v) is 3.51. The van der Waals surface area contributed by atoms with E-state index in [0.29, 0.717) is 13.2 Å². The maximum absolute atomic E-state index is 9.21. The van der Waals surface area contributed by atoms with E-state index in [9.17, 15) is 5.11 Å². The number of pyridine rings is 1. The van der Waals surface area contributed by atoms with Crippen molar-refractivity contribution in [3.63, 3.8) is 0 Å². The maximum Gasteiger partial charge on any atom is 0.131 e. The zero-order valence-corrected chi connectivity index (χ0v) is 12.4. The molecule has 2 rings (SSSR count). The highest BCUT2D eigenvalue weighted by atomic mass is 16.5. The average Bonchev–Trinajstić information content (AvgIpc) is 2.48. The number of hydrogen-bond donors (Lipinski definition) is 2. The highest BCUT2D eigenvalue weighted by Crippen LogP contribution is 2.20. The lowest BCUT2D eigenvalue weighted by atomic mass is 10.1. The molecule has 0 radical (unpaired) electrons. The summed E-state index contributed by atoms with van der Waals surface area (Å²) >= 11 is 0. The van der Waals surface area contributed by atoms with E-state index in [4.69, 9.17) is 4.74 Å². The molecule has 0 bridgehead atoms. The molecule has 5 nitrogen and oxygen atoms in total. The van der Waals surface area contributed by atoms with Crippen LogP contribution < -0.4 is 10.2 Å². The van der Waals surface area contributed by atoms with E-state index in [1.54, 1.807) is 0 Å². The molecule has 112 valence electrons. The number of rotatable bonds is 6. The predicted octanol–water partition coefficient (Wildman–Crippen LogP) is 1.09. The van der Waals surface area contributed by atoms with Gasteiger partial charge in [-0.05, 0) is 37.1 Å². The van der Waals surface area contributed by atoms with Gasteiger partial charge in [0.2, 0.25) is 0 Å². The summed E-state index contributed by atoms with van der Waals surface area (Å²) in [6.45, 7) is 8.40. The first-order chi connectivity index (χ1) is 9.74. The largest absolute Gasteiger partial charge is 0.394 e. The molecule has 1 saturated heterocycles. The van der Waals surface area contributed by atoms with Crippen LogP contribution >= 0.6 is 0 Å². The summed E-state index contributed by atoms with van der Waals surface area (Å²) in [6, 6.07) is 2.19. The molecule has 0 aliphatic carbocycles. The number of aliphatic hydroxyl groups is 1. The highest BCUT2D eigenvalue weighted by molar-refractivity contribution is 5.47. The molecule has 1 aromatic rings. The zero-order chi connectivity index (χ0) is 14.4. The maximum atomic E-state index is 9.21. The van der Waals surface area contributed by atoms with Gasteiger partial charge in [-0.2, -0.15) is 0 Å². The summed E-state index contributed by atoms with van der Waals surface area (Å²) in [5, 5.41) is 12.6. The van der Waals surface area contributed by atoms with Crippen LogP contribution in [0.4, 0.5) is 5.82 Å². The number of ether oxygens (including phenoxy) is 1. The number of nitrogens with one attached hydrogen (secondary N) is 1. The Labute approximate surface area is 121 Å². The second kappa shape index (κ2) is 7.57. The van der Waals surface area contributed by atoms with Gasteiger partial charge in [0, 0.05) is 25.8 Å². The molecule has 1 atom stereocenters. The Balaban J connectivity index is 2.01. The number of hydrogen-bond acceptors (Lipinski definition) is 5. The average molecular weight is 279 g/mol. The number of aliphatic hydroxyl groups excluding tert-OH is 1. The standard InChI is InChI=1S/C15H25N3O2/c1-3-4-16-8-13-7-12(2)15(17-9-13)18-5-6-20-14(10-18)11-19/h7,9,14,16,19H,3-6,8,10-11H2,1-2H3. The fraction of sp³-hybridized carbons (Fsp3) is 0.667. The van der Waals surface area contributed by atoms with Crippen molar-refractivity contribution in [1.82, 2.24) is 10.3 Å². The van der Waals surface area contributed by atoms with E-state index in [-0.39, 0.29) is 12.7 Å². The van der Waals surface area contributed by atoms with Crippen molar-refractivity contribution in [2.45, 2.75) is 32.9 Å². The van der Waals surface area contributed by atoms with Crippen molar-refractivity contribution in [2.24, 2.45) is 0 Å². The van der Waals surface area contributed by atoms with Crippen LogP contribution in [-0.4, -0.2) is 49.0 Å². The summed E-state index contributed by atoms with van der Waals surface area (Å²) in [4.78, 5) is 6.80. The minimum atomic E-state index is -0.101. The molecule has 0 saturated carbocycles. The Bertz CT molecular complexity index is 426. The Kier molecular flexibility index (Phi) is 5.76. The van der Waals surface area contributed by atoms with Crippen LogP contribution in [0.1, 0.15) is 24.5 Å². The Morgan fingerprint density at radius 2 is 2.40 bits per heavy atom. The van der Waals surface area contributed by atoms with Crippen molar-refractivity contribution in [2.75, 3.05) is 37.7 Å². The second-order valence-corrected chi connectivity index (χ2v) is 5.28. The molecule has 1 aromatic heterocycles. The van der Waals surface area contributed by atoms with Crippen LogP contribution in [0.5, 0.6) is 0 Å².